The highest BCUT2D eigenvalue weighted by Crippen LogP contribution is 2.43. The number of aromatic nitrogens is 1. The number of piperazine rings is 1. The van der Waals surface area contributed by atoms with Crippen molar-refractivity contribution in [2.75, 3.05) is 59.8 Å². The molecule has 3 N–H and O–H groups in total. The van der Waals surface area contributed by atoms with Crippen molar-refractivity contribution in [2.45, 2.75) is 81.9 Å². The third-order valence-electron chi connectivity index (χ3n) is 11.0. The van der Waals surface area contributed by atoms with E-state index in [9.17, 15) is 50.8 Å². The molecular formula is C41H45F6N9O5S. The van der Waals surface area contributed by atoms with E-state index < -0.39 is 77.5 Å². The Kier molecular flexibility index (Phi) is 13.3. The van der Waals surface area contributed by atoms with Gasteiger partial charge in [0.25, 0.3) is 5.91 Å². The first-order valence-electron chi connectivity index (χ1n) is 19.7. The van der Waals surface area contributed by atoms with E-state index in [0.717, 1.165) is 16.0 Å². The predicted octanol–water partition coefficient (Wildman–Crippen LogP) is 5.72. The van der Waals surface area contributed by atoms with E-state index in [1.807, 2.05) is 13.8 Å². The second-order valence-electron chi connectivity index (χ2n) is 16.0. The highest BCUT2D eigenvalue weighted by Gasteiger charge is 2.52. The molecule has 2 aromatic carbocycles. The average Bonchev–Trinajstić information content (AvgIpc) is 3.37. The molecule has 3 aliphatic heterocycles. The number of benzene rings is 2. The number of imide groups is 1. The van der Waals surface area contributed by atoms with Crippen LogP contribution in [0.25, 0.3) is 0 Å². The molecule has 21 heteroatoms. The van der Waals surface area contributed by atoms with Crippen LogP contribution in [0, 0.1) is 11.3 Å². The summed E-state index contributed by atoms with van der Waals surface area (Å²) in [7, 11) is 0. The fraction of sp³-hybridized carbons (Fsp3) is 0.463. The van der Waals surface area contributed by atoms with E-state index in [4.69, 9.17) is 4.74 Å². The number of anilines is 4. The lowest BCUT2D eigenvalue weighted by Crippen LogP contribution is -2.60. The summed E-state index contributed by atoms with van der Waals surface area (Å²) >= 11 is 4.66. The van der Waals surface area contributed by atoms with Crippen LogP contribution in [0.15, 0.2) is 54.7 Å². The number of piperidine rings is 1. The van der Waals surface area contributed by atoms with Crippen molar-refractivity contribution in [2.24, 2.45) is 0 Å². The molecule has 3 atom stereocenters. The van der Waals surface area contributed by atoms with Crippen LogP contribution in [-0.4, -0.2) is 107 Å². The Bertz CT molecular complexity index is 2250. The lowest BCUT2D eigenvalue weighted by Gasteiger charge is -2.41. The summed E-state index contributed by atoms with van der Waals surface area (Å²) in [5.41, 5.74) is -2.68. The lowest BCUT2D eigenvalue weighted by atomic mass is 9.98. The monoisotopic (exact) mass is 889 g/mol. The Hall–Kier alpha value is -5.59. The van der Waals surface area contributed by atoms with Crippen LogP contribution in [0.3, 0.4) is 0 Å². The van der Waals surface area contributed by atoms with E-state index in [0.29, 0.717) is 34.4 Å². The Morgan fingerprint density at radius 1 is 1.05 bits per heavy atom. The molecule has 3 saturated heterocycles. The molecule has 1 aromatic heterocycles. The van der Waals surface area contributed by atoms with Crippen LogP contribution in [0.2, 0.25) is 0 Å². The van der Waals surface area contributed by atoms with Crippen molar-refractivity contribution in [3.05, 3.63) is 71.5 Å². The van der Waals surface area contributed by atoms with Crippen molar-refractivity contribution in [3.63, 3.8) is 0 Å². The molecule has 4 amide bonds. The number of carbonyl (C=O) groups is 4. The molecule has 0 bridgehead atoms. The van der Waals surface area contributed by atoms with Crippen molar-refractivity contribution < 1.29 is 50.3 Å². The highest BCUT2D eigenvalue weighted by molar-refractivity contribution is 7.81. The van der Waals surface area contributed by atoms with Gasteiger partial charge >= 0.3 is 12.4 Å². The maximum absolute atomic E-state index is 14.4. The smallest absolute Gasteiger partial charge is 0.419 e. The largest absolute Gasteiger partial charge is 0.492 e. The Morgan fingerprint density at radius 3 is 2.44 bits per heavy atom. The number of hydrogen-bond acceptors (Lipinski definition) is 12. The molecule has 6 rings (SSSR count). The maximum atomic E-state index is 14.4. The predicted molar refractivity (Wildman–Crippen MR) is 220 cm³/mol. The minimum Gasteiger partial charge on any atom is -0.492 e. The van der Waals surface area contributed by atoms with Gasteiger partial charge in [0.1, 0.15) is 36.0 Å². The number of nitrogens with zero attached hydrogens (tertiary/aromatic N) is 6. The SMILES string of the molecule is CC(C)c1cc(N2[C@H](S)N(c3cnc(C#N)c(C(F)(F)F)c3)C(=O)C2(C)C)ccc1OCCN1CCN(CC(=O)Nc2cccc(NC3CCC(=O)NC3=O)c2)[C@H](C(F)(F)F)C1. The minimum atomic E-state index is -4.90. The molecule has 3 aliphatic rings. The summed E-state index contributed by atoms with van der Waals surface area (Å²) < 4.78 is 90.7. The van der Waals surface area contributed by atoms with Gasteiger partial charge in [0.05, 0.1) is 24.0 Å². The minimum absolute atomic E-state index is 0.0250. The van der Waals surface area contributed by atoms with Gasteiger partial charge in [-0.15, -0.1) is 12.6 Å². The molecule has 0 spiro atoms. The van der Waals surface area contributed by atoms with Gasteiger partial charge in [-0.25, -0.2) is 4.98 Å². The Labute approximate surface area is 358 Å². The molecule has 4 heterocycles. The molecular weight excluding hydrogens is 845 g/mol. The number of carbonyl (C=O) groups excluding carboxylic acids is 4. The molecule has 0 radical (unpaired) electrons. The molecule has 3 fully saturated rings. The van der Waals surface area contributed by atoms with E-state index in [1.165, 1.54) is 6.07 Å². The maximum Gasteiger partial charge on any atom is 0.419 e. The summed E-state index contributed by atoms with van der Waals surface area (Å²) in [6.45, 7) is 6.41. The zero-order valence-corrected chi connectivity index (χ0v) is 35.0. The molecule has 332 valence electrons. The van der Waals surface area contributed by atoms with Gasteiger partial charge in [0.15, 0.2) is 11.2 Å². The summed E-state index contributed by atoms with van der Waals surface area (Å²) in [5.74, 6) is -1.74. The first-order chi connectivity index (χ1) is 29.1. The van der Waals surface area contributed by atoms with Crippen LogP contribution >= 0.6 is 12.6 Å². The van der Waals surface area contributed by atoms with E-state index in [1.54, 1.807) is 66.1 Å². The van der Waals surface area contributed by atoms with E-state index in [2.05, 4.69) is 33.6 Å². The van der Waals surface area contributed by atoms with E-state index in [-0.39, 0.29) is 56.6 Å². The van der Waals surface area contributed by atoms with Crippen LogP contribution in [0.1, 0.15) is 63.3 Å². The van der Waals surface area contributed by atoms with Crippen LogP contribution < -0.4 is 30.5 Å². The molecule has 3 aromatic rings. The molecule has 0 saturated carbocycles. The number of nitriles is 1. The van der Waals surface area contributed by atoms with Crippen LogP contribution in [0.5, 0.6) is 5.75 Å². The number of ether oxygens (including phenoxy) is 1. The number of pyridine rings is 1. The van der Waals surface area contributed by atoms with Gasteiger partial charge in [-0.2, -0.15) is 31.6 Å². The van der Waals surface area contributed by atoms with Crippen LogP contribution in [0.4, 0.5) is 49.1 Å². The first-order valence-corrected chi connectivity index (χ1v) is 20.2. The third kappa shape index (κ3) is 10.0. The quantitative estimate of drug-likeness (QED) is 0.1000. The summed E-state index contributed by atoms with van der Waals surface area (Å²) in [6.07, 6.45) is -8.07. The Morgan fingerprint density at radius 2 is 1.77 bits per heavy atom. The van der Waals surface area contributed by atoms with E-state index >= 15 is 0 Å². The Balaban J connectivity index is 1.07. The van der Waals surface area contributed by atoms with Gasteiger partial charge in [-0.05, 0) is 74.2 Å². The number of thiol groups is 1. The number of alkyl halides is 6. The van der Waals surface area contributed by atoms with Gasteiger partial charge in [0, 0.05) is 49.7 Å². The van der Waals surface area contributed by atoms with Gasteiger partial charge in [0.2, 0.25) is 17.7 Å². The van der Waals surface area contributed by atoms with Crippen molar-refractivity contribution in [1.82, 2.24) is 20.1 Å². The van der Waals surface area contributed by atoms with Crippen LogP contribution in [-0.2, 0) is 25.4 Å². The molecule has 14 nitrogen and oxygen atoms in total. The van der Waals surface area contributed by atoms with Gasteiger partial charge < -0.3 is 20.3 Å². The average molecular weight is 890 g/mol. The van der Waals surface area contributed by atoms with Crippen molar-refractivity contribution >= 4 is 59.0 Å². The van der Waals surface area contributed by atoms with Crippen molar-refractivity contribution in [1.29, 1.82) is 5.26 Å². The van der Waals surface area contributed by atoms with Gasteiger partial charge in [-0.3, -0.25) is 39.2 Å². The second kappa shape index (κ2) is 18.0. The fourth-order valence-electron chi connectivity index (χ4n) is 7.74. The second-order valence-corrected chi connectivity index (χ2v) is 16.4. The summed E-state index contributed by atoms with van der Waals surface area (Å²) in [4.78, 5) is 59.4. The zero-order chi connectivity index (χ0) is 45.3. The van der Waals surface area contributed by atoms with Gasteiger partial charge in [-0.1, -0.05) is 19.9 Å². The summed E-state index contributed by atoms with van der Waals surface area (Å²) in [5, 5.41) is 17.1. The molecule has 1 unspecified atom stereocenters. The van der Waals surface area contributed by atoms with Crippen molar-refractivity contribution in [3.8, 4) is 11.8 Å². The molecule has 62 heavy (non-hydrogen) atoms. The number of nitrogens with one attached hydrogen (secondary N) is 3. The zero-order valence-electron chi connectivity index (χ0n) is 34.1. The normalized spacial score (nSPS) is 21.2. The number of rotatable bonds is 12. The molecule has 0 aliphatic carbocycles. The highest BCUT2D eigenvalue weighted by atomic mass is 32.1. The number of hydrogen-bond donors (Lipinski definition) is 4. The lowest BCUT2D eigenvalue weighted by molar-refractivity contribution is -0.197. The third-order valence-corrected chi connectivity index (χ3v) is 11.4. The number of halogens is 6. The standard InChI is InChI=1S/C41H45F6N9O5S/c1-23(2)28-17-26(56-38(62)55(37(60)39(56,3)4)27-18-29(40(42,43)44)31(19-48)49-20-27)8-10-32(28)61-15-14-53-12-13-54(33(21-53)41(45,46)47)22-35(58)51-25-7-5-6-24(16-25)50-30-9-11-34(57)52-36(30)59/h5-8,10,16-18,20,23,30,33,38,50,62H,9,11-15,21-22H2,1-4H3,(H,51,58)(H,52,57,59)/t30?,33-,38+/m0/s1. The first kappa shape index (κ1) is 45.9. The fourth-order valence-corrected chi connectivity index (χ4v) is 8.40. The summed E-state index contributed by atoms with van der Waals surface area (Å²) in [6, 6.07) is 11.0. The topological polar surface area (TPSA) is 163 Å². The number of amides is 4.